The number of alkyl halides is 3. The van der Waals surface area contributed by atoms with E-state index in [1.807, 2.05) is 0 Å². The lowest BCUT2D eigenvalue weighted by molar-refractivity contribution is -0.137. The first-order valence-electron chi connectivity index (χ1n) is 4.52. The lowest BCUT2D eigenvalue weighted by atomic mass is 9.99. The van der Waals surface area contributed by atoms with Crippen LogP contribution in [0.1, 0.15) is 17.5 Å². The second-order valence-electron chi connectivity index (χ2n) is 3.37. The zero-order valence-electron chi connectivity index (χ0n) is 7.90. The molecule has 5 heteroatoms. The molecule has 0 aromatic heterocycles. The van der Waals surface area contributed by atoms with E-state index in [0.717, 1.165) is 24.5 Å². The van der Waals surface area contributed by atoms with Crippen LogP contribution in [0.15, 0.2) is 18.2 Å². The quantitative estimate of drug-likeness (QED) is 0.728. The molecule has 0 saturated carbocycles. The molecule has 1 aromatic carbocycles. The molecule has 0 aliphatic carbocycles. The van der Waals surface area contributed by atoms with E-state index >= 15 is 0 Å². The second-order valence-corrected chi connectivity index (χ2v) is 3.37. The van der Waals surface area contributed by atoms with Crippen molar-refractivity contribution in [1.82, 2.24) is 0 Å². The first kappa shape index (κ1) is 12.2. The van der Waals surface area contributed by atoms with Crippen LogP contribution in [0.2, 0.25) is 0 Å². The van der Waals surface area contributed by atoms with Crippen LogP contribution in [0.5, 0.6) is 0 Å². The molecule has 0 amide bonds. The Morgan fingerprint density at radius 2 is 1.93 bits per heavy atom. The fraction of sp³-hybridized carbons (Fsp3) is 0.400. The Morgan fingerprint density at radius 3 is 2.60 bits per heavy atom. The summed E-state index contributed by atoms with van der Waals surface area (Å²) in [5, 5.41) is 2.82. The van der Waals surface area contributed by atoms with E-state index in [9.17, 15) is 13.2 Å². The van der Waals surface area contributed by atoms with Crippen molar-refractivity contribution in [3.05, 3.63) is 29.3 Å². The van der Waals surface area contributed by atoms with Crippen molar-refractivity contribution < 1.29 is 13.2 Å². The molecule has 0 atom stereocenters. The molecule has 1 aliphatic rings. The predicted molar refractivity (Wildman–Crippen MR) is 55.5 cm³/mol. The van der Waals surface area contributed by atoms with Crippen molar-refractivity contribution in [3.63, 3.8) is 0 Å². The molecule has 0 radical (unpaired) electrons. The molecule has 84 valence electrons. The molecule has 1 nitrogen and oxygen atoms in total. The zero-order valence-corrected chi connectivity index (χ0v) is 8.71. The van der Waals surface area contributed by atoms with Gasteiger partial charge in [0.25, 0.3) is 0 Å². The van der Waals surface area contributed by atoms with Crippen LogP contribution in [0.25, 0.3) is 0 Å². The molecular weight excluding hydrogens is 227 g/mol. The summed E-state index contributed by atoms with van der Waals surface area (Å²) in [5.74, 6) is 0. The average molecular weight is 238 g/mol. The fourth-order valence-electron chi connectivity index (χ4n) is 1.75. The van der Waals surface area contributed by atoms with Gasteiger partial charge in [0.05, 0.1) is 5.56 Å². The summed E-state index contributed by atoms with van der Waals surface area (Å²) in [6.45, 7) is 0.625. The minimum Gasteiger partial charge on any atom is -0.384 e. The van der Waals surface area contributed by atoms with Crippen LogP contribution in [0.3, 0.4) is 0 Å². The van der Waals surface area contributed by atoms with E-state index < -0.39 is 11.7 Å². The maximum Gasteiger partial charge on any atom is 0.418 e. The van der Waals surface area contributed by atoms with Crippen LogP contribution < -0.4 is 5.32 Å². The van der Waals surface area contributed by atoms with E-state index in [1.54, 1.807) is 6.07 Å². The fourth-order valence-corrected chi connectivity index (χ4v) is 1.75. The highest BCUT2D eigenvalue weighted by Crippen LogP contribution is 2.38. The summed E-state index contributed by atoms with van der Waals surface area (Å²) < 4.78 is 37.6. The van der Waals surface area contributed by atoms with Gasteiger partial charge in [-0.25, -0.2) is 0 Å². The Morgan fingerprint density at radius 1 is 1.20 bits per heavy atom. The highest BCUT2D eigenvalue weighted by Gasteiger charge is 2.34. The van der Waals surface area contributed by atoms with Crippen molar-refractivity contribution in [2.24, 2.45) is 0 Å². The van der Waals surface area contributed by atoms with Crippen molar-refractivity contribution in [2.45, 2.75) is 19.0 Å². The van der Waals surface area contributed by atoms with Gasteiger partial charge in [0.2, 0.25) is 0 Å². The Hall–Kier alpha value is -0.900. The van der Waals surface area contributed by atoms with E-state index in [1.165, 1.54) is 6.07 Å². The minimum absolute atomic E-state index is 0. The van der Waals surface area contributed by atoms with Gasteiger partial charge >= 0.3 is 6.18 Å². The number of halogens is 4. The van der Waals surface area contributed by atoms with Crippen molar-refractivity contribution in [2.75, 3.05) is 11.9 Å². The Bertz CT molecular complexity index is 349. The largest absolute Gasteiger partial charge is 0.418 e. The van der Waals surface area contributed by atoms with Crippen molar-refractivity contribution >= 4 is 18.1 Å². The summed E-state index contributed by atoms with van der Waals surface area (Å²) >= 11 is 0. The molecule has 1 heterocycles. The number of hydrogen-bond donors (Lipinski definition) is 1. The molecular formula is C10H11ClF3N. The molecule has 0 spiro atoms. The van der Waals surface area contributed by atoms with Gasteiger partial charge in [-0.1, -0.05) is 12.1 Å². The van der Waals surface area contributed by atoms with Crippen LogP contribution in [-0.4, -0.2) is 6.54 Å². The summed E-state index contributed by atoms with van der Waals surface area (Å²) in [4.78, 5) is 0. The van der Waals surface area contributed by atoms with Gasteiger partial charge in [-0.2, -0.15) is 13.2 Å². The van der Waals surface area contributed by atoms with Gasteiger partial charge in [0.15, 0.2) is 0 Å². The SMILES string of the molecule is Cl.FC(F)(F)c1cccc2c1NCCC2. The molecule has 1 aliphatic heterocycles. The number of benzene rings is 1. The predicted octanol–water partition coefficient (Wildman–Crippen LogP) is 3.49. The Kier molecular flexibility index (Phi) is 3.50. The van der Waals surface area contributed by atoms with Crippen LogP contribution in [-0.2, 0) is 12.6 Å². The third kappa shape index (κ3) is 2.37. The van der Waals surface area contributed by atoms with E-state index in [2.05, 4.69) is 5.32 Å². The summed E-state index contributed by atoms with van der Waals surface area (Å²) in [6, 6.07) is 4.34. The van der Waals surface area contributed by atoms with Gasteiger partial charge in [-0.3, -0.25) is 0 Å². The van der Waals surface area contributed by atoms with Crippen LogP contribution >= 0.6 is 12.4 Å². The second kappa shape index (κ2) is 4.31. The molecule has 2 rings (SSSR count). The van der Waals surface area contributed by atoms with E-state index in [0.29, 0.717) is 6.54 Å². The minimum atomic E-state index is -4.25. The molecule has 15 heavy (non-hydrogen) atoms. The summed E-state index contributed by atoms with van der Waals surface area (Å²) in [7, 11) is 0. The number of nitrogens with one attached hydrogen (secondary N) is 1. The molecule has 1 aromatic rings. The Balaban J connectivity index is 0.00000112. The number of para-hydroxylation sites is 1. The van der Waals surface area contributed by atoms with Gasteiger partial charge < -0.3 is 5.32 Å². The topological polar surface area (TPSA) is 12.0 Å². The first-order valence-corrected chi connectivity index (χ1v) is 4.52. The molecule has 0 saturated heterocycles. The van der Waals surface area contributed by atoms with Crippen LogP contribution in [0, 0.1) is 0 Å². The molecule has 0 fully saturated rings. The van der Waals surface area contributed by atoms with Gasteiger partial charge in [0.1, 0.15) is 0 Å². The highest BCUT2D eigenvalue weighted by molar-refractivity contribution is 5.85. The van der Waals surface area contributed by atoms with Crippen molar-refractivity contribution in [3.8, 4) is 0 Å². The number of anilines is 1. The van der Waals surface area contributed by atoms with Gasteiger partial charge in [-0.05, 0) is 24.5 Å². The van der Waals surface area contributed by atoms with Gasteiger partial charge in [-0.15, -0.1) is 12.4 Å². The first-order chi connectivity index (χ1) is 6.59. The smallest absolute Gasteiger partial charge is 0.384 e. The summed E-state index contributed by atoms with van der Waals surface area (Å²) in [6.07, 6.45) is -2.63. The summed E-state index contributed by atoms with van der Waals surface area (Å²) in [5.41, 5.74) is 0.493. The Labute approximate surface area is 92.1 Å². The lowest BCUT2D eigenvalue weighted by Crippen LogP contribution is -2.17. The lowest BCUT2D eigenvalue weighted by Gasteiger charge is -2.22. The standard InChI is InChI=1S/C10H10F3N.ClH/c11-10(12,13)8-5-1-3-7-4-2-6-14-9(7)8;/h1,3,5,14H,2,4,6H2;1H. The number of hydrogen-bond acceptors (Lipinski definition) is 1. The monoisotopic (exact) mass is 237 g/mol. The number of rotatable bonds is 0. The van der Waals surface area contributed by atoms with E-state index in [4.69, 9.17) is 0 Å². The van der Waals surface area contributed by atoms with Crippen molar-refractivity contribution in [1.29, 1.82) is 0 Å². The highest BCUT2D eigenvalue weighted by atomic mass is 35.5. The third-order valence-corrected chi connectivity index (χ3v) is 2.38. The molecule has 0 unspecified atom stereocenters. The maximum atomic E-state index is 12.5. The molecule has 0 bridgehead atoms. The average Bonchev–Trinajstić information content (AvgIpc) is 2.15. The number of fused-ring (bicyclic) bond motifs is 1. The normalized spacial score (nSPS) is 14.9. The molecule has 1 N–H and O–H groups in total. The maximum absolute atomic E-state index is 12.5. The number of aryl methyl sites for hydroxylation is 1. The van der Waals surface area contributed by atoms with Crippen LogP contribution in [0.4, 0.5) is 18.9 Å². The zero-order chi connectivity index (χ0) is 10.2. The third-order valence-electron chi connectivity index (χ3n) is 2.38. The van der Waals surface area contributed by atoms with E-state index in [-0.39, 0.29) is 18.1 Å². The van der Waals surface area contributed by atoms with Gasteiger partial charge in [0, 0.05) is 12.2 Å².